The van der Waals surface area contributed by atoms with Crippen LogP contribution in [0.2, 0.25) is 0 Å². The van der Waals surface area contributed by atoms with Crippen LogP contribution < -0.4 is 11.1 Å². The van der Waals surface area contributed by atoms with Crippen molar-refractivity contribution in [3.05, 3.63) is 36.0 Å². The Kier molecular flexibility index (Phi) is 5.86. The van der Waals surface area contributed by atoms with E-state index in [0.29, 0.717) is 31.4 Å². The molecule has 0 unspecified atom stereocenters. The first-order chi connectivity index (χ1) is 10.2. The van der Waals surface area contributed by atoms with Gasteiger partial charge in [-0.05, 0) is 6.07 Å². The fourth-order valence-electron chi connectivity index (χ4n) is 2.01. The fraction of sp³-hybridized carbons (Fsp3) is 0.333. The number of anilines is 1. The number of thiocarbonyl (C=S) groups is 1. The Labute approximate surface area is 129 Å². The number of benzene rings is 1. The maximum atomic E-state index is 5.78. The van der Waals surface area contributed by atoms with Gasteiger partial charge >= 0.3 is 0 Å². The molecule has 0 fully saturated rings. The van der Waals surface area contributed by atoms with E-state index in [4.69, 9.17) is 27.4 Å². The standard InChI is InChI=1S/C15H19N3O2S/c1-19-8-9-20-7-6-17-14-11-4-2-3-5-13(11)18-10-12(14)15(16)21/h2-5,10H,6-9H2,1H3,(H2,16,21)(H,17,18). The molecule has 6 heteroatoms. The minimum atomic E-state index is 0.330. The molecule has 0 aliphatic rings. The van der Waals surface area contributed by atoms with Crippen LogP contribution in [0.1, 0.15) is 5.56 Å². The van der Waals surface area contributed by atoms with Gasteiger partial charge in [0, 0.05) is 25.2 Å². The maximum absolute atomic E-state index is 5.78. The van der Waals surface area contributed by atoms with Crippen molar-refractivity contribution in [3.8, 4) is 0 Å². The van der Waals surface area contributed by atoms with Crippen LogP contribution in [0.15, 0.2) is 30.5 Å². The molecule has 1 heterocycles. The molecule has 0 amide bonds. The number of hydrogen-bond donors (Lipinski definition) is 2. The maximum Gasteiger partial charge on any atom is 0.107 e. The predicted octanol–water partition coefficient (Wildman–Crippen LogP) is 1.94. The van der Waals surface area contributed by atoms with Gasteiger partial charge in [-0.25, -0.2) is 0 Å². The Balaban J connectivity index is 2.12. The van der Waals surface area contributed by atoms with Crippen LogP contribution in [0, 0.1) is 0 Å². The van der Waals surface area contributed by atoms with Gasteiger partial charge in [0.15, 0.2) is 0 Å². The number of nitrogens with one attached hydrogen (secondary N) is 1. The van der Waals surface area contributed by atoms with E-state index in [0.717, 1.165) is 22.2 Å². The van der Waals surface area contributed by atoms with Crippen LogP contribution in [0.25, 0.3) is 10.9 Å². The molecule has 5 nitrogen and oxygen atoms in total. The molecule has 0 radical (unpaired) electrons. The zero-order chi connectivity index (χ0) is 15.1. The molecule has 1 aromatic carbocycles. The molecule has 0 bridgehead atoms. The summed E-state index contributed by atoms with van der Waals surface area (Å²) in [5, 5.41) is 4.34. The molecule has 0 saturated carbocycles. The number of pyridine rings is 1. The quantitative estimate of drug-likeness (QED) is 0.574. The van der Waals surface area contributed by atoms with Gasteiger partial charge in [-0.3, -0.25) is 4.98 Å². The van der Waals surface area contributed by atoms with E-state index in [1.165, 1.54) is 0 Å². The Morgan fingerprint density at radius 2 is 2.10 bits per heavy atom. The van der Waals surface area contributed by atoms with Crippen LogP contribution in [-0.2, 0) is 9.47 Å². The number of methoxy groups -OCH3 is 1. The van der Waals surface area contributed by atoms with E-state index < -0.39 is 0 Å². The highest BCUT2D eigenvalue weighted by Crippen LogP contribution is 2.25. The lowest BCUT2D eigenvalue weighted by Gasteiger charge is -2.14. The predicted molar refractivity (Wildman–Crippen MR) is 88.8 cm³/mol. The van der Waals surface area contributed by atoms with Gasteiger partial charge in [-0.1, -0.05) is 30.4 Å². The van der Waals surface area contributed by atoms with E-state index in [1.54, 1.807) is 13.3 Å². The second-order valence-corrected chi connectivity index (χ2v) is 4.90. The van der Waals surface area contributed by atoms with Gasteiger partial charge in [-0.15, -0.1) is 0 Å². The number of aromatic nitrogens is 1. The van der Waals surface area contributed by atoms with Gasteiger partial charge in [0.25, 0.3) is 0 Å². The first kappa shape index (κ1) is 15.6. The van der Waals surface area contributed by atoms with E-state index in [-0.39, 0.29) is 0 Å². The molecule has 0 atom stereocenters. The molecular formula is C15H19N3O2S. The van der Waals surface area contributed by atoms with E-state index >= 15 is 0 Å². The molecule has 2 rings (SSSR count). The first-order valence-corrected chi connectivity index (χ1v) is 7.13. The van der Waals surface area contributed by atoms with Crippen molar-refractivity contribution in [2.75, 3.05) is 38.8 Å². The molecule has 0 spiro atoms. The normalized spacial score (nSPS) is 10.7. The second kappa shape index (κ2) is 7.87. The lowest BCUT2D eigenvalue weighted by atomic mass is 10.1. The van der Waals surface area contributed by atoms with Crippen molar-refractivity contribution < 1.29 is 9.47 Å². The minimum Gasteiger partial charge on any atom is -0.389 e. The third kappa shape index (κ3) is 4.10. The van der Waals surface area contributed by atoms with Gasteiger partial charge in [0.1, 0.15) is 4.99 Å². The van der Waals surface area contributed by atoms with Crippen molar-refractivity contribution in [1.82, 2.24) is 4.98 Å². The third-order valence-electron chi connectivity index (χ3n) is 3.02. The lowest BCUT2D eigenvalue weighted by molar-refractivity contribution is 0.0759. The minimum absolute atomic E-state index is 0.330. The molecular weight excluding hydrogens is 286 g/mol. The Hall–Kier alpha value is -1.76. The molecule has 112 valence electrons. The molecule has 2 aromatic rings. The summed E-state index contributed by atoms with van der Waals surface area (Å²) < 4.78 is 10.4. The highest BCUT2D eigenvalue weighted by molar-refractivity contribution is 7.80. The van der Waals surface area contributed by atoms with Crippen LogP contribution in [0.3, 0.4) is 0 Å². The van der Waals surface area contributed by atoms with Crippen LogP contribution >= 0.6 is 12.2 Å². The number of fused-ring (bicyclic) bond motifs is 1. The summed E-state index contributed by atoms with van der Waals surface area (Å²) in [5.74, 6) is 0. The number of hydrogen-bond acceptors (Lipinski definition) is 5. The molecule has 1 aromatic heterocycles. The van der Waals surface area contributed by atoms with Crippen molar-refractivity contribution in [1.29, 1.82) is 0 Å². The SMILES string of the molecule is COCCOCCNc1c(C(N)=S)cnc2ccccc12. The van der Waals surface area contributed by atoms with Crippen LogP contribution in [-0.4, -0.2) is 43.4 Å². The zero-order valence-corrected chi connectivity index (χ0v) is 12.8. The monoisotopic (exact) mass is 305 g/mol. The fourth-order valence-corrected chi connectivity index (χ4v) is 2.17. The van der Waals surface area contributed by atoms with E-state index in [1.807, 2.05) is 24.3 Å². The molecule has 3 N–H and O–H groups in total. The largest absolute Gasteiger partial charge is 0.389 e. The molecule has 0 aliphatic heterocycles. The van der Waals surface area contributed by atoms with Crippen molar-refractivity contribution in [3.63, 3.8) is 0 Å². The van der Waals surface area contributed by atoms with Crippen LogP contribution in [0.4, 0.5) is 5.69 Å². The van der Waals surface area contributed by atoms with Gasteiger partial charge < -0.3 is 20.5 Å². The average molecular weight is 305 g/mol. The topological polar surface area (TPSA) is 69.4 Å². The molecule has 0 aliphatic carbocycles. The van der Waals surface area contributed by atoms with E-state index in [2.05, 4.69) is 10.3 Å². The second-order valence-electron chi connectivity index (χ2n) is 4.46. The average Bonchev–Trinajstić information content (AvgIpc) is 2.50. The first-order valence-electron chi connectivity index (χ1n) is 6.72. The summed E-state index contributed by atoms with van der Waals surface area (Å²) in [5.41, 5.74) is 8.34. The Morgan fingerprint density at radius 1 is 1.29 bits per heavy atom. The Bertz CT molecular complexity index is 619. The van der Waals surface area contributed by atoms with Gasteiger partial charge in [-0.2, -0.15) is 0 Å². The number of ether oxygens (including phenoxy) is 2. The highest BCUT2D eigenvalue weighted by Gasteiger charge is 2.10. The molecule has 21 heavy (non-hydrogen) atoms. The summed E-state index contributed by atoms with van der Waals surface area (Å²) in [6, 6.07) is 7.87. The van der Waals surface area contributed by atoms with Crippen molar-refractivity contribution >= 4 is 33.8 Å². The number of para-hydroxylation sites is 1. The smallest absolute Gasteiger partial charge is 0.107 e. The summed E-state index contributed by atoms with van der Waals surface area (Å²) >= 11 is 5.10. The van der Waals surface area contributed by atoms with E-state index in [9.17, 15) is 0 Å². The third-order valence-corrected chi connectivity index (χ3v) is 3.24. The summed E-state index contributed by atoms with van der Waals surface area (Å²) in [4.78, 5) is 4.71. The summed E-state index contributed by atoms with van der Waals surface area (Å²) in [6.07, 6.45) is 1.71. The summed E-state index contributed by atoms with van der Waals surface area (Å²) in [6.45, 7) is 2.41. The van der Waals surface area contributed by atoms with Crippen molar-refractivity contribution in [2.24, 2.45) is 5.73 Å². The van der Waals surface area contributed by atoms with Crippen molar-refractivity contribution in [2.45, 2.75) is 0 Å². The number of rotatable bonds is 8. The van der Waals surface area contributed by atoms with Crippen LogP contribution in [0.5, 0.6) is 0 Å². The number of nitrogens with two attached hydrogens (primary N) is 1. The Morgan fingerprint density at radius 3 is 2.86 bits per heavy atom. The molecule has 0 saturated heterocycles. The number of nitrogens with zero attached hydrogens (tertiary/aromatic N) is 1. The summed E-state index contributed by atoms with van der Waals surface area (Å²) in [7, 11) is 1.65. The zero-order valence-electron chi connectivity index (χ0n) is 12.0. The van der Waals surface area contributed by atoms with Gasteiger partial charge in [0.2, 0.25) is 0 Å². The lowest BCUT2D eigenvalue weighted by Crippen LogP contribution is -2.17. The van der Waals surface area contributed by atoms with Gasteiger partial charge in [0.05, 0.1) is 36.6 Å². The highest BCUT2D eigenvalue weighted by atomic mass is 32.1.